The maximum atomic E-state index is 13.9. The lowest BCUT2D eigenvalue weighted by atomic mass is 9.60. The van der Waals surface area contributed by atoms with E-state index in [-0.39, 0.29) is 59.3 Å². The molecule has 11 atom stereocenters. The molecular formula is C20H33ClN2O4. The topological polar surface area (TPSA) is 82.8 Å². The summed E-state index contributed by atoms with van der Waals surface area (Å²) in [4.78, 5) is 13.9. The molecule has 2 aliphatic carbocycles. The van der Waals surface area contributed by atoms with Crippen LogP contribution in [0.3, 0.4) is 0 Å². The van der Waals surface area contributed by atoms with Gasteiger partial charge in [0.05, 0.1) is 29.6 Å². The fourth-order valence-corrected chi connectivity index (χ4v) is 6.69. The van der Waals surface area contributed by atoms with Crippen molar-refractivity contribution in [2.45, 2.75) is 86.9 Å². The van der Waals surface area contributed by atoms with E-state index in [1.807, 2.05) is 0 Å². The first kappa shape index (κ1) is 20.0. The van der Waals surface area contributed by atoms with Crippen LogP contribution in [0.5, 0.6) is 0 Å². The van der Waals surface area contributed by atoms with Crippen LogP contribution >= 0.6 is 11.6 Å². The number of nitrogens with one attached hydrogen (secondary N) is 1. The van der Waals surface area contributed by atoms with Crippen molar-refractivity contribution in [3.05, 3.63) is 0 Å². The van der Waals surface area contributed by atoms with E-state index in [1.165, 1.54) is 0 Å². The Labute approximate surface area is 166 Å². The normalized spacial score (nSPS) is 55.4. The number of alkyl halides is 1. The Hall–Kier alpha value is -0.240. The lowest BCUT2D eigenvalue weighted by Gasteiger charge is -2.54. The largest absolute Gasteiger partial charge is 0.380 e. The zero-order valence-electron chi connectivity index (χ0n) is 16.7. The molecule has 154 valence electrons. The first-order chi connectivity index (χ1) is 12.8. The number of hydrogen-bond acceptors (Lipinski definition) is 6. The van der Waals surface area contributed by atoms with Crippen LogP contribution in [0, 0.1) is 17.8 Å². The quantitative estimate of drug-likeness (QED) is 0.683. The predicted octanol–water partition coefficient (Wildman–Crippen LogP) is 1.47. The number of Topliss-reactive ketones (excluding diaryl/α,β-unsaturated/α-hetero) is 1. The zero-order valence-corrected chi connectivity index (χ0v) is 17.4. The fourth-order valence-electron chi connectivity index (χ4n) is 6.27. The molecule has 6 nitrogen and oxygen atoms in total. The zero-order chi connectivity index (χ0) is 19.5. The van der Waals surface area contributed by atoms with Gasteiger partial charge >= 0.3 is 0 Å². The maximum absolute atomic E-state index is 13.9. The molecule has 3 N–H and O–H groups in total. The molecule has 0 aromatic rings. The number of rotatable bonds is 2. The van der Waals surface area contributed by atoms with Gasteiger partial charge in [0.2, 0.25) is 0 Å². The van der Waals surface area contributed by atoms with Crippen LogP contribution in [-0.2, 0) is 19.0 Å². The number of hydrogen-bond donors (Lipinski definition) is 2. The number of halogens is 1. The van der Waals surface area contributed by atoms with Crippen molar-refractivity contribution >= 4 is 17.4 Å². The third-order valence-corrected chi connectivity index (χ3v) is 8.24. The number of methoxy groups -OCH3 is 2. The van der Waals surface area contributed by atoms with Gasteiger partial charge in [0.15, 0.2) is 5.78 Å². The lowest BCUT2D eigenvalue weighted by molar-refractivity contribution is -0.167. The Morgan fingerprint density at radius 3 is 2.56 bits per heavy atom. The maximum Gasteiger partial charge on any atom is 0.174 e. The number of ether oxygens (including phenoxy) is 3. The Morgan fingerprint density at radius 2 is 1.89 bits per heavy atom. The van der Waals surface area contributed by atoms with Gasteiger partial charge in [-0.3, -0.25) is 4.79 Å². The average molecular weight is 401 g/mol. The number of carbonyl (C=O) groups excluding carboxylic acids is 1. The molecule has 7 heteroatoms. The first-order valence-electron chi connectivity index (χ1n) is 10.3. The minimum absolute atomic E-state index is 0.0343. The third kappa shape index (κ3) is 2.82. The highest BCUT2D eigenvalue weighted by Crippen LogP contribution is 2.53. The molecule has 0 amide bonds. The molecule has 0 radical (unpaired) electrons. The van der Waals surface area contributed by atoms with E-state index in [9.17, 15) is 4.79 Å². The smallest absolute Gasteiger partial charge is 0.174 e. The Bertz CT molecular complexity index is 592. The van der Waals surface area contributed by atoms with Crippen molar-refractivity contribution in [1.82, 2.24) is 5.32 Å². The average Bonchev–Trinajstić information content (AvgIpc) is 2.96. The molecule has 2 saturated carbocycles. The van der Waals surface area contributed by atoms with Crippen molar-refractivity contribution < 1.29 is 19.0 Å². The Balaban J connectivity index is 1.74. The predicted molar refractivity (Wildman–Crippen MR) is 103 cm³/mol. The molecule has 2 aliphatic heterocycles. The Kier molecular flexibility index (Phi) is 5.36. The second-order valence-electron chi connectivity index (χ2n) is 9.08. The summed E-state index contributed by atoms with van der Waals surface area (Å²) in [6.45, 7) is 4.27. The van der Waals surface area contributed by atoms with Gasteiger partial charge in [0.25, 0.3) is 0 Å². The molecule has 27 heavy (non-hydrogen) atoms. The summed E-state index contributed by atoms with van der Waals surface area (Å²) in [7, 11) is 3.31. The van der Waals surface area contributed by atoms with Crippen LogP contribution in [0.15, 0.2) is 0 Å². The van der Waals surface area contributed by atoms with Crippen LogP contribution in [0.2, 0.25) is 0 Å². The molecule has 4 aliphatic rings. The van der Waals surface area contributed by atoms with Crippen LogP contribution in [-0.4, -0.2) is 67.4 Å². The molecule has 0 bridgehead atoms. The minimum Gasteiger partial charge on any atom is -0.380 e. The summed E-state index contributed by atoms with van der Waals surface area (Å²) in [6.07, 6.45) is 2.70. The van der Waals surface area contributed by atoms with Crippen molar-refractivity contribution in [2.75, 3.05) is 14.2 Å². The van der Waals surface area contributed by atoms with E-state index in [0.29, 0.717) is 12.5 Å². The van der Waals surface area contributed by atoms with Crippen LogP contribution in [0.4, 0.5) is 0 Å². The van der Waals surface area contributed by atoms with Gasteiger partial charge in [-0.05, 0) is 38.0 Å². The van der Waals surface area contributed by atoms with Crippen molar-refractivity contribution in [3.63, 3.8) is 0 Å². The van der Waals surface area contributed by atoms with Crippen LogP contribution in [0.25, 0.3) is 0 Å². The lowest BCUT2D eigenvalue weighted by Crippen LogP contribution is -2.71. The number of nitrogens with two attached hydrogens (primary N) is 1. The van der Waals surface area contributed by atoms with E-state index >= 15 is 0 Å². The summed E-state index contributed by atoms with van der Waals surface area (Å²) in [6, 6.07) is 0.364. The summed E-state index contributed by atoms with van der Waals surface area (Å²) in [5, 5.41) is 3.32. The standard InChI is InChI=1S/C20H33ClN2O4/c1-9-7-12(22)11-6-5-10(2)23-18(11)20(9)19(24)15-13(25-3)8-14(26-4)16(21)17(15)27-20/h9-18,23H,5-8,22H2,1-4H3/t9-,10?,11?,12?,13?,14?,15?,16?,17?,18?,20+/m1/s1. The second-order valence-corrected chi connectivity index (χ2v) is 9.59. The molecular weight excluding hydrogens is 368 g/mol. The van der Waals surface area contributed by atoms with Crippen LogP contribution in [0.1, 0.15) is 39.5 Å². The molecule has 0 aromatic heterocycles. The van der Waals surface area contributed by atoms with Gasteiger partial charge in [0, 0.05) is 38.8 Å². The first-order valence-corrected chi connectivity index (χ1v) is 10.7. The molecule has 4 fully saturated rings. The van der Waals surface area contributed by atoms with Gasteiger partial charge in [-0.1, -0.05) is 6.92 Å². The van der Waals surface area contributed by atoms with Crippen molar-refractivity contribution in [2.24, 2.45) is 23.5 Å². The monoisotopic (exact) mass is 400 g/mol. The Morgan fingerprint density at radius 1 is 1.19 bits per heavy atom. The van der Waals surface area contributed by atoms with E-state index in [1.54, 1.807) is 14.2 Å². The highest BCUT2D eigenvalue weighted by Gasteiger charge is 2.69. The number of ketones is 1. The molecule has 2 saturated heterocycles. The second kappa shape index (κ2) is 7.22. The van der Waals surface area contributed by atoms with Crippen LogP contribution < -0.4 is 11.1 Å². The highest BCUT2D eigenvalue weighted by atomic mass is 35.5. The highest BCUT2D eigenvalue weighted by molar-refractivity contribution is 6.22. The van der Waals surface area contributed by atoms with Crippen molar-refractivity contribution in [3.8, 4) is 0 Å². The third-order valence-electron chi connectivity index (χ3n) is 7.71. The molecule has 1 spiro atoms. The van der Waals surface area contributed by atoms with E-state index in [2.05, 4.69) is 19.2 Å². The van der Waals surface area contributed by atoms with E-state index in [0.717, 1.165) is 19.3 Å². The summed E-state index contributed by atoms with van der Waals surface area (Å²) in [5.74, 6) is 0.0809. The molecule has 2 heterocycles. The van der Waals surface area contributed by atoms with Gasteiger partial charge in [0.1, 0.15) is 5.60 Å². The number of carbonyl (C=O) groups is 1. The van der Waals surface area contributed by atoms with E-state index < -0.39 is 5.60 Å². The summed E-state index contributed by atoms with van der Waals surface area (Å²) >= 11 is 6.75. The van der Waals surface area contributed by atoms with Gasteiger partial charge in [-0.15, -0.1) is 11.6 Å². The van der Waals surface area contributed by atoms with Gasteiger partial charge in [-0.25, -0.2) is 0 Å². The fraction of sp³-hybridized carbons (Fsp3) is 0.950. The van der Waals surface area contributed by atoms with Gasteiger partial charge < -0.3 is 25.3 Å². The number of fused-ring (bicyclic) bond motifs is 3. The van der Waals surface area contributed by atoms with E-state index in [4.69, 9.17) is 31.5 Å². The SMILES string of the molecule is COC1CC(OC)C2C(=O)[C@@]3(OC2C1Cl)C1NC(C)CCC1C(N)C[C@H]3C. The number of piperidine rings is 1. The van der Waals surface area contributed by atoms with Crippen molar-refractivity contribution in [1.29, 1.82) is 0 Å². The van der Waals surface area contributed by atoms with Gasteiger partial charge in [-0.2, -0.15) is 0 Å². The molecule has 4 rings (SSSR count). The molecule has 9 unspecified atom stereocenters. The molecule has 0 aromatic carbocycles. The minimum atomic E-state index is -0.878. The summed E-state index contributed by atoms with van der Waals surface area (Å²) in [5.41, 5.74) is 5.64. The summed E-state index contributed by atoms with van der Waals surface area (Å²) < 4.78 is 18.0.